The fourth-order valence-electron chi connectivity index (χ4n) is 3.60. The second-order valence-electron chi connectivity index (χ2n) is 8.15. The number of oxazole rings is 1. The van der Waals surface area contributed by atoms with E-state index in [0.29, 0.717) is 28.2 Å². The van der Waals surface area contributed by atoms with Gasteiger partial charge in [0.05, 0.1) is 24.2 Å². The Morgan fingerprint density at radius 3 is 2.74 bits per heavy atom. The molecule has 4 rings (SSSR count). The second-order valence-corrected chi connectivity index (χ2v) is 8.15. The molecule has 0 aliphatic heterocycles. The molecule has 1 atom stereocenters. The average molecular weight is 470 g/mol. The van der Waals surface area contributed by atoms with E-state index in [0.717, 1.165) is 11.1 Å². The van der Waals surface area contributed by atoms with Crippen LogP contribution in [0.15, 0.2) is 65.2 Å². The Kier molecular flexibility index (Phi) is 7.02. The summed E-state index contributed by atoms with van der Waals surface area (Å²) in [6.07, 6.45) is 1.86. The van der Waals surface area contributed by atoms with Gasteiger partial charge in [0.25, 0.3) is 6.01 Å². The summed E-state index contributed by atoms with van der Waals surface area (Å²) in [7, 11) is 0. The van der Waals surface area contributed by atoms with E-state index in [2.05, 4.69) is 26.7 Å². The van der Waals surface area contributed by atoms with Gasteiger partial charge in [-0.05, 0) is 47.4 Å². The largest absolute Gasteiger partial charge is 0.481 e. The molecule has 0 bridgehead atoms. The van der Waals surface area contributed by atoms with Gasteiger partial charge in [-0.1, -0.05) is 31.2 Å². The van der Waals surface area contributed by atoms with Gasteiger partial charge in [-0.2, -0.15) is 10.2 Å². The van der Waals surface area contributed by atoms with Crippen LogP contribution in [0, 0.1) is 11.3 Å². The lowest BCUT2D eigenvalue weighted by molar-refractivity contribution is -0.137. The topological polar surface area (TPSA) is 141 Å². The lowest BCUT2D eigenvalue weighted by atomic mass is 10.00. The number of para-hydroxylation sites is 1. The highest BCUT2D eigenvalue weighted by Crippen LogP contribution is 2.25. The monoisotopic (exact) mass is 469 g/mol. The number of aliphatic carboxylic acids is 1. The molecular formula is C26H23N5O4. The van der Waals surface area contributed by atoms with Crippen molar-refractivity contribution < 1.29 is 19.1 Å². The molecule has 0 spiro atoms. The molecule has 0 saturated heterocycles. The van der Waals surface area contributed by atoms with Crippen LogP contribution in [0.25, 0.3) is 11.1 Å². The number of ketones is 1. The van der Waals surface area contributed by atoms with Gasteiger partial charge in [-0.25, -0.2) is 4.98 Å². The molecule has 0 saturated carbocycles. The molecule has 0 amide bonds. The molecule has 2 heterocycles. The van der Waals surface area contributed by atoms with Gasteiger partial charge in [0.1, 0.15) is 17.4 Å². The summed E-state index contributed by atoms with van der Waals surface area (Å²) in [5, 5.41) is 24.2. The third-order valence-electron chi connectivity index (χ3n) is 5.45. The zero-order valence-corrected chi connectivity index (χ0v) is 19.0. The Morgan fingerprint density at radius 1 is 1.17 bits per heavy atom. The lowest BCUT2D eigenvalue weighted by Crippen LogP contribution is -2.16. The molecule has 1 unspecified atom stereocenters. The highest BCUT2D eigenvalue weighted by atomic mass is 16.4. The molecule has 2 aromatic carbocycles. The fourth-order valence-corrected chi connectivity index (χ4v) is 3.60. The SMILES string of the molecule is CC(CC(=O)O)c1ccc(NCC(=O)Cc2ccc3nc(Nc4ccccc4C#N)oc3c2)nc1. The third kappa shape index (κ3) is 6.00. The van der Waals surface area contributed by atoms with Crippen LogP contribution in [-0.4, -0.2) is 33.4 Å². The minimum atomic E-state index is -0.856. The standard InChI is InChI=1S/C26H23N5O4/c1-16(10-25(33)34)19-7-9-24(28-14-19)29-15-20(32)11-17-6-8-22-23(12-17)35-26(31-22)30-21-5-3-2-4-18(21)13-27/h2-9,12,14,16H,10-11,15H2,1H3,(H,28,29)(H,30,31)(H,33,34). The van der Waals surface area contributed by atoms with Crippen molar-refractivity contribution in [2.24, 2.45) is 0 Å². The maximum atomic E-state index is 12.5. The van der Waals surface area contributed by atoms with Crippen LogP contribution < -0.4 is 10.6 Å². The molecule has 4 aromatic rings. The maximum Gasteiger partial charge on any atom is 0.303 e. The van der Waals surface area contributed by atoms with Gasteiger partial charge in [-0.3, -0.25) is 9.59 Å². The Labute approximate surface area is 201 Å². The molecule has 2 aromatic heterocycles. The molecule has 0 radical (unpaired) electrons. The fraction of sp³-hybridized carbons (Fsp3) is 0.192. The number of anilines is 3. The quantitative estimate of drug-likeness (QED) is 0.303. The number of nitrogens with zero attached hydrogens (tertiary/aromatic N) is 3. The lowest BCUT2D eigenvalue weighted by Gasteiger charge is -2.10. The highest BCUT2D eigenvalue weighted by molar-refractivity contribution is 5.86. The maximum absolute atomic E-state index is 12.5. The van der Waals surface area contributed by atoms with Crippen LogP contribution in [0.5, 0.6) is 0 Å². The number of nitriles is 1. The van der Waals surface area contributed by atoms with Crippen LogP contribution in [0.3, 0.4) is 0 Å². The number of nitrogens with one attached hydrogen (secondary N) is 2. The number of rotatable bonds is 10. The molecule has 0 fully saturated rings. The van der Waals surface area contributed by atoms with Crippen LogP contribution in [0.1, 0.15) is 36.0 Å². The smallest absolute Gasteiger partial charge is 0.303 e. The molecule has 176 valence electrons. The van der Waals surface area contributed by atoms with Crippen LogP contribution in [-0.2, 0) is 16.0 Å². The van der Waals surface area contributed by atoms with Crippen molar-refractivity contribution in [2.75, 3.05) is 17.2 Å². The number of carbonyl (C=O) groups excluding carboxylic acids is 1. The number of hydrogen-bond donors (Lipinski definition) is 3. The van der Waals surface area contributed by atoms with E-state index in [1.807, 2.05) is 25.1 Å². The summed E-state index contributed by atoms with van der Waals surface area (Å²) in [5.41, 5.74) is 3.86. The Balaban J connectivity index is 1.35. The van der Waals surface area contributed by atoms with Gasteiger partial charge < -0.3 is 20.2 Å². The van der Waals surface area contributed by atoms with Crippen LogP contribution >= 0.6 is 0 Å². The van der Waals surface area contributed by atoms with Crippen molar-refractivity contribution in [1.29, 1.82) is 5.26 Å². The van der Waals surface area contributed by atoms with Crippen molar-refractivity contribution in [3.63, 3.8) is 0 Å². The normalized spacial score (nSPS) is 11.5. The van der Waals surface area contributed by atoms with E-state index < -0.39 is 5.97 Å². The van der Waals surface area contributed by atoms with E-state index in [4.69, 9.17) is 9.52 Å². The van der Waals surface area contributed by atoms with Crippen molar-refractivity contribution in [1.82, 2.24) is 9.97 Å². The van der Waals surface area contributed by atoms with Crippen LogP contribution in [0.4, 0.5) is 17.5 Å². The predicted octanol–water partition coefficient (Wildman–Crippen LogP) is 4.64. The van der Waals surface area contributed by atoms with Crippen molar-refractivity contribution in [3.05, 3.63) is 77.5 Å². The minimum absolute atomic E-state index is 0.0321. The number of fused-ring (bicyclic) bond motifs is 1. The average Bonchev–Trinajstić information content (AvgIpc) is 3.24. The number of carbonyl (C=O) groups is 2. The van der Waals surface area contributed by atoms with Gasteiger partial charge in [0.2, 0.25) is 0 Å². The van der Waals surface area contributed by atoms with Crippen molar-refractivity contribution in [2.45, 2.75) is 25.7 Å². The van der Waals surface area contributed by atoms with Gasteiger partial charge in [0.15, 0.2) is 11.4 Å². The van der Waals surface area contributed by atoms with Gasteiger partial charge >= 0.3 is 5.97 Å². The molecule has 0 aliphatic rings. The van der Waals surface area contributed by atoms with Gasteiger partial charge in [-0.15, -0.1) is 0 Å². The first-order chi connectivity index (χ1) is 16.9. The first kappa shape index (κ1) is 23.4. The molecule has 0 aliphatic carbocycles. The number of benzene rings is 2. The third-order valence-corrected chi connectivity index (χ3v) is 5.45. The van der Waals surface area contributed by atoms with E-state index in [9.17, 15) is 14.9 Å². The van der Waals surface area contributed by atoms with E-state index in [-0.39, 0.29) is 37.1 Å². The summed E-state index contributed by atoms with van der Waals surface area (Å²) in [6.45, 7) is 1.93. The number of carboxylic acid groups (broad SMARTS) is 1. The predicted molar refractivity (Wildman–Crippen MR) is 131 cm³/mol. The summed E-state index contributed by atoms with van der Waals surface area (Å²) in [4.78, 5) is 32.0. The van der Waals surface area contributed by atoms with E-state index in [1.54, 1.807) is 42.6 Å². The summed E-state index contributed by atoms with van der Waals surface area (Å²) < 4.78 is 5.77. The molecule has 9 nitrogen and oxygen atoms in total. The highest BCUT2D eigenvalue weighted by Gasteiger charge is 2.12. The number of hydrogen-bond acceptors (Lipinski definition) is 8. The first-order valence-corrected chi connectivity index (χ1v) is 11.0. The molecule has 35 heavy (non-hydrogen) atoms. The number of aromatic nitrogens is 2. The Hall–Kier alpha value is -4.71. The summed E-state index contributed by atoms with van der Waals surface area (Å²) in [5.74, 6) is -0.483. The van der Waals surface area contributed by atoms with E-state index in [1.165, 1.54) is 0 Å². The summed E-state index contributed by atoms with van der Waals surface area (Å²) >= 11 is 0. The van der Waals surface area contributed by atoms with E-state index >= 15 is 0 Å². The summed E-state index contributed by atoms with van der Waals surface area (Å²) in [6, 6.07) is 18.4. The van der Waals surface area contributed by atoms with Crippen molar-refractivity contribution in [3.8, 4) is 6.07 Å². The molecule has 9 heteroatoms. The Morgan fingerprint density at radius 2 is 2.00 bits per heavy atom. The van der Waals surface area contributed by atoms with Crippen molar-refractivity contribution >= 4 is 40.4 Å². The first-order valence-electron chi connectivity index (χ1n) is 11.0. The zero-order chi connectivity index (χ0) is 24.8. The Bertz CT molecular complexity index is 1410. The number of Topliss-reactive ketones (excluding diaryl/α,β-unsaturated/α-hetero) is 1. The minimum Gasteiger partial charge on any atom is -0.481 e. The van der Waals surface area contributed by atoms with Crippen LogP contribution in [0.2, 0.25) is 0 Å². The van der Waals surface area contributed by atoms with Gasteiger partial charge in [0, 0.05) is 12.6 Å². The zero-order valence-electron chi connectivity index (χ0n) is 19.0. The number of carboxylic acids is 1. The second kappa shape index (κ2) is 10.5. The molecule has 3 N–H and O–H groups in total. The molecular weight excluding hydrogens is 446 g/mol. The number of pyridine rings is 1.